The van der Waals surface area contributed by atoms with E-state index in [9.17, 15) is 9.18 Å². The Morgan fingerprint density at radius 2 is 2.13 bits per heavy atom. The molecule has 3 rings (SSSR count). The van der Waals surface area contributed by atoms with Crippen molar-refractivity contribution in [1.82, 2.24) is 15.2 Å². The van der Waals surface area contributed by atoms with Gasteiger partial charge in [0.05, 0.1) is 6.04 Å². The summed E-state index contributed by atoms with van der Waals surface area (Å²) in [6.07, 6.45) is 3.45. The van der Waals surface area contributed by atoms with Crippen molar-refractivity contribution >= 4 is 5.91 Å². The second kappa shape index (κ2) is 6.91. The van der Waals surface area contributed by atoms with Crippen molar-refractivity contribution in [3.05, 3.63) is 53.5 Å². The standard InChI is InChI=1S/C17H20FN3O2/c1-12-16(20-11-23-12)17(22)19-10-15(21-8-4-5-9-21)13-6-2-3-7-14(13)18/h2-3,6-7,11,15H,4-5,8-10H2,1H3,(H,19,22)/t15-/m0/s1. The molecule has 5 nitrogen and oxygen atoms in total. The molecule has 1 aliphatic heterocycles. The highest BCUT2D eigenvalue weighted by molar-refractivity contribution is 5.93. The summed E-state index contributed by atoms with van der Waals surface area (Å²) in [6, 6.07) is 6.57. The van der Waals surface area contributed by atoms with Gasteiger partial charge in [0.15, 0.2) is 12.1 Å². The van der Waals surface area contributed by atoms with Gasteiger partial charge >= 0.3 is 0 Å². The fourth-order valence-corrected chi connectivity index (χ4v) is 3.03. The number of nitrogens with one attached hydrogen (secondary N) is 1. The molecule has 1 atom stereocenters. The van der Waals surface area contributed by atoms with Gasteiger partial charge in [-0.2, -0.15) is 0 Å². The van der Waals surface area contributed by atoms with Crippen molar-refractivity contribution in [1.29, 1.82) is 0 Å². The summed E-state index contributed by atoms with van der Waals surface area (Å²) in [6.45, 7) is 3.86. The molecule has 1 aromatic heterocycles. The Morgan fingerprint density at radius 3 is 2.78 bits per heavy atom. The maximum absolute atomic E-state index is 14.2. The first-order valence-electron chi connectivity index (χ1n) is 7.83. The van der Waals surface area contributed by atoms with E-state index in [-0.39, 0.29) is 23.5 Å². The van der Waals surface area contributed by atoms with Gasteiger partial charge in [0, 0.05) is 12.1 Å². The van der Waals surface area contributed by atoms with Gasteiger partial charge in [-0.3, -0.25) is 9.69 Å². The van der Waals surface area contributed by atoms with Gasteiger partial charge in [0.1, 0.15) is 11.6 Å². The molecule has 0 unspecified atom stereocenters. The zero-order chi connectivity index (χ0) is 16.2. The lowest BCUT2D eigenvalue weighted by Gasteiger charge is -2.28. The number of carbonyl (C=O) groups excluding carboxylic acids is 1. The summed E-state index contributed by atoms with van der Waals surface area (Å²) >= 11 is 0. The third kappa shape index (κ3) is 3.42. The Labute approximate surface area is 134 Å². The molecule has 122 valence electrons. The minimum absolute atomic E-state index is 0.171. The topological polar surface area (TPSA) is 58.4 Å². The molecule has 0 spiro atoms. The molecular weight excluding hydrogens is 297 g/mol. The van der Waals surface area contributed by atoms with E-state index < -0.39 is 0 Å². The molecule has 2 aromatic rings. The number of nitrogens with zero attached hydrogens (tertiary/aromatic N) is 2. The van der Waals surface area contributed by atoms with Crippen molar-refractivity contribution in [3.8, 4) is 0 Å². The summed E-state index contributed by atoms with van der Waals surface area (Å²) in [5, 5.41) is 2.86. The minimum Gasteiger partial charge on any atom is -0.448 e. The average molecular weight is 317 g/mol. The zero-order valence-corrected chi connectivity index (χ0v) is 13.1. The number of hydrogen-bond acceptors (Lipinski definition) is 4. The molecule has 1 amide bonds. The highest BCUT2D eigenvalue weighted by Gasteiger charge is 2.26. The molecule has 1 fully saturated rings. The van der Waals surface area contributed by atoms with Crippen molar-refractivity contribution in [2.24, 2.45) is 0 Å². The van der Waals surface area contributed by atoms with Gasteiger partial charge in [-0.25, -0.2) is 9.37 Å². The quantitative estimate of drug-likeness (QED) is 0.921. The first kappa shape index (κ1) is 15.7. The third-order valence-electron chi connectivity index (χ3n) is 4.26. The van der Waals surface area contributed by atoms with Crippen molar-refractivity contribution in [2.45, 2.75) is 25.8 Å². The Balaban J connectivity index is 1.75. The molecule has 0 bridgehead atoms. The lowest BCUT2D eigenvalue weighted by Crippen LogP contribution is -2.37. The lowest BCUT2D eigenvalue weighted by atomic mass is 10.0. The molecule has 2 heterocycles. The van der Waals surface area contributed by atoms with E-state index in [1.807, 2.05) is 6.07 Å². The molecule has 1 aromatic carbocycles. The third-order valence-corrected chi connectivity index (χ3v) is 4.26. The molecule has 6 heteroatoms. The number of rotatable bonds is 5. The number of hydrogen-bond donors (Lipinski definition) is 1. The predicted octanol–water partition coefficient (Wildman–Crippen LogP) is 2.69. The van der Waals surface area contributed by atoms with Crippen LogP contribution in [0, 0.1) is 12.7 Å². The van der Waals surface area contributed by atoms with Crippen LogP contribution in [0.3, 0.4) is 0 Å². The van der Waals surface area contributed by atoms with E-state index in [2.05, 4.69) is 15.2 Å². The molecule has 23 heavy (non-hydrogen) atoms. The van der Waals surface area contributed by atoms with Crippen LogP contribution in [0.15, 0.2) is 35.1 Å². The van der Waals surface area contributed by atoms with E-state index in [1.165, 1.54) is 12.5 Å². The minimum atomic E-state index is -0.295. The van der Waals surface area contributed by atoms with Gasteiger partial charge in [-0.05, 0) is 38.9 Å². The van der Waals surface area contributed by atoms with Crippen molar-refractivity contribution in [3.63, 3.8) is 0 Å². The Bertz CT molecular complexity index is 680. The molecule has 0 aliphatic carbocycles. The lowest BCUT2D eigenvalue weighted by molar-refractivity contribution is 0.0931. The van der Waals surface area contributed by atoms with Crippen LogP contribution in [-0.4, -0.2) is 35.4 Å². The first-order chi connectivity index (χ1) is 11.2. The van der Waals surface area contributed by atoms with Crippen LogP contribution < -0.4 is 5.32 Å². The summed E-state index contributed by atoms with van der Waals surface area (Å²) in [7, 11) is 0. The SMILES string of the molecule is Cc1ocnc1C(=O)NC[C@@H](c1ccccc1F)N1CCCC1. The first-order valence-corrected chi connectivity index (χ1v) is 7.83. The molecule has 1 N–H and O–H groups in total. The normalized spacial score (nSPS) is 16.4. The number of carbonyl (C=O) groups is 1. The molecule has 0 saturated carbocycles. The van der Waals surface area contributed by atoms with E-state index in [4.69, 9.17) is 4.42 Å². The average Bonchev–Trinajstić information content (AvgIpc) is 3.20. The summed E-state index contributed by atoms with van der Waals surface area (Å²) in [5.74, 6) is -0.0563. The van der Waals surface area contributed by atoms with E-state index >= 15 is 0 Å². The highest BCUT2D eigenvalue weighted by Crippen LogP contribution is 2.26. The fourth-order valence-electron chi connectivity index (χ4n) is 3.03. The maximum Gasteiger partial charge on any atom is 0.273 e. The molecule has 1 aliphatic rings. The monoisotopic (exact) mass is 317 g/mol. The number of benzene rings is 1. The molecular formula is C17H20FN3O2. The van der Waals surface area contributed by atoms with Gasteiger partial charge in [-0.15, -0.1) is 0 Å². The van der Waals surface area contributed by atoms with Gasteiger partial charge in [0.25, 0.3) is 5.91 Å². The summed E-state index contributed by atoms with van der Waals surface area (Å²) in [5.41, 5.74) is 0.894. The summed E-state index contributed by atoms with van der Waals surface area (Å²) < 4.78 is 19.2. The van der Waals surface area contributed by atoms with Crippen LogP contribution in [0.5, 0.6) is 0 Å². The van der Waals surface area contributed by atoms with Gasteiger partial charge in [-0.1, -0.05) is 18.2 Å². The maximum atomic E-state index is 14.2. The Morgan fingerprint density at radius 1 is 1.39 bits per heavy atom. The van der Waals surface area contributed by atoms with Gasteiger partial charge in [0.2, 0.25) is 0 Å². The second-order valence-electron chi connectivity index (χ2n) is 5.75. The van der Waals surface area contributed by atoms with Gasteiger partial charge < -0.3 is 9.73 Å². The zero-order valence-electron chi connectivity index (χ0n) is 13.1. The number of halogens is 1. The number of oxazole rings is 1. The number of likely N-dealkylation sites (tertiary alicyclic amines) is 1. The fraction of sp³-hybridized carbons (Fsp3) is 0.412. The smallest absolute Gasteiger partial charge is 0.273 e. The van der Waals surface area contributed by atoms with E-state index in [0.29, 0.717) is 17.9 Å². The number of amides is 1. The number of aromatic nitrogens is 1. The predicted molar refractivity (Wildman–Crippen MR) is 83.5 cm³/mol. The van der Waals surface area contributed by atoms with Crippen LogP contribution in [0.25, 0.3) is 0 Å². The highest BCUT2D eigenvalue weighted by atomic mass is 19.1. The van der Waals surface area contributed by atoms with Crippen LogP contribution in [-0.2, 0) is 0 Å². The largest absolute Gasteiger partial charge is 0.448 e. The van der Waals surface area contributed by atoms with Crippen molar-refractivity contribution < 1.29 is 13.6 Å². The Hall–Kier alpha value is -2.21. The van der Waals surface area contributed by atoms with Crippen LogP contribution >= 0.6 is 0 Å². The van der Waals surface area contributed by atoms with Crippen molar-refractivity contribution in [2.75, 3.05) is 19.6 Å². The van der Waals surface area contributed by atoms with E-state index in [1.54, 1.807) is 19.1 Å². The van der Waals surface area contributed by atoms with Crippen LogP contribution in [0.4, 0.5) is 4.39 Å². The Kier molecular flexibility index (Phi) is 4.71. The summed E-state index contributed by atoms with van der Waals surface area (Å²) in [4.78, 5) is 18.3. The molecule has 0 radical (unpaired) electrons. The molecule has 1 saturated heterocycles. The van der Waals surface area contributed by atoms with Crippen LogP contribution in [0.1, 0.15) is 40.7 Å². The van der Waals surface area contributed by atoms with E-state index in [0.717, 1.165) is 25.9 Å². The number of aryl methyl sites for hydroxylation is 1. The van der Waals surface area contributed by atoms with Crippen LogP contribution in [0.2, 0.25) is 0 Å². The second-order valence-corrected chi connectivity index (χ2v) is 5.75.